The second-order valence-corrected chi connectivity index (χ2v) is 5.37. The highest BCUT2D eigenvalue weighted by Crippen LogP contribution is 2.30. The van der Waals surface area contributed by atoms with Crippen molar-refractivity contribution in [3.8, 4) is 11.8 Å². The van der Waals surface area contributed by atoms with Gasteiger partial charge in [-0.3, -0.25) is 19.1 Å². The third-order valence-corrected chi connectivity index (χ3v) is 3.53. The predicted molar refractivity (Wildman–Crippen MR) is 79.2 cm³/mol. The zero-order valence-corrected chi connectivity index (χ0v) is 13.3. The van der Waals surface area contributed by atoms with Crippen molar-refractivity contribution in [3.63, 3.8) is 0 Å². The molecule has 1 fully saturated rings. The molecule has 0 radical (unpaired) electrons. The number of H-pyrrole nitrogens is 1. The van der Waals surface area contributed by atoms with E-state index in [1.165, 1.54) is 5.32 Å². The van der Waals surface area contributed by atoms with Crippen molar-refractivity contribution in [3.05, 3.63) is 32.6 Å². The number of amides is 1. The molecule has 2 heterocycles. The molecule has 1 saturated heterocycles. The summed E-state index contributed by atoms with van der Waals surface area (Å²) in [6, 6.07) is 0. The fourth-order valence-electron chi connectivity index (χ4n) is 2.21. The number of nitrogens with one attached hydrogen (secondary N) is 2. The number of carbonyl (C=O) groups is 1. The Balaban J connectivity index is 2.23. The molecule has 27 heavy (non-hydrogen) atoms. The SMILES string of the molecule is O=C(NCC#Cc1cn([C@@H]2O[C@H](CO)[C@@H](O)[C@H]2F)c(=O)[nH]c1=O)C(F)(F)F. The number of nitrogens with zero attached hydrogens (tertiary/aromatic N) is 1. The smallest absolute Gasteiger partial charge is 0.394 e. The first-order chi connectivity index (χ1) is 12.6. The minimum atomic E-state index is -5.09. The van der Waals surface area contributed by atoms with Gasteiger partial charge in [-0.1, -0.05) is 11.8 Å². The van der Waals surface area contributed by atoms with Crippen LogP contribution in [-0.2, 0) is 9.53 Å². The quantitative estimate of drug-likeness (QED) is 0.351. The number of rotatable bonds is 3. The van der Waals surface area contributed by atoms with Crippen molar-refractivity contribution >= 4 is 5.91 Å². The molecule has 4 N–H and O–H groups in total. The number of hydrogen-bond acceptors (Lipinski definition) is 6. The second-order valence-electron chi connectivity index (χ2n) is 5.37. The lowest BCUT2D eigenvalue weighted by atomic mass is 10.1. The molecule has 0 aromatic carbocycles. The number of halogens is 4. The molecule has 9 nitrogen and oxygen atoms in total. The number of alkyl halides is 4. The van der Waals surface area contributed by atoms with Gasteiger partial charge in [0.1, 0.15) is 17.8 Å². The van der Waals surface area contributed by atoms with Crippen molar-refractivity contribution in [1.29, 1.82) is 0 Å². The van der Waals surface area contributed by atoms with E-state index in [2.05, 4.69) is 11.8 Å². The van der Waals surface area contributed by atoms with Crippen LogP contribution in [0.1, 0.15) is 11.8 Å². The van der Waals surface area contributed by atoms with Crippen LogP contribution >= 0.6 is 0 Å². The number of aromatic nitrogens is 2. The molecule has 0 saturated carbocycles. The van der Waals surface area contributed by atoms with E-state index in [4.69, 9.17) is 9.84 Å². The third kappa shape index (κ3) is 4.54. The normalized spacial score (nSPS) is 25.0. The number of aliphatic hydroxyl groups is 2. The van der Waals surface area contributed by atoms with E-state index in [-0.39, 0.29) is 0 Å². The van der Waals surface area contributed by atoms with Crippen molar-refractivity contribution in [1.82, 2.24) is 14.9 Å². The summed E-state index contributed by atoms with van der Waals surface area (Å²) in [6.45, 7) is -1.46. The fourth-order valence-corrected chi connectivity index (χ4v) is 2.21. The molecule has 13 heteroatoms. The van der Waals surface area contributed by atoms with Gasteiger partial charge in [0.25, 0.3) is 5.56 Å². The third-order valence-electron chi connectivity index (χ3n) is 3.53. The molecule has 1 aromatic rings. The van der Waals surface area contributed by atoms with E-state index < -0.39 is 66.7 Å². The highest BCUT2D eigenvalue weighted by atomic mass is 19.4. The van der Waals surface area contributed by atoms with E-state index in [0.717, 1.165) is 6.20 Å². The van der Waals surface area contributed by atoms with E-state index >= 15 is 0 Å². The van der Waals surface area contributed by atoms with Crippen molar-refractivity contribution in [2.75, 3.05) is 13.2 Å². The molecule has 0 bridgehead atoms. The number of aliphatic hydroxyl groups excluding tert-OH is 2. The van der Waals surface area contributed by atoms with Crippen LogP contribution in [0, 0.1) is 11.8 Å². The number of ether oxygens (including phenoxy) is 1. The molecule has 1 aliphatic heterocycles. The zero-order chi connectivity index (χ0) is 20.4. The van der Waals surface area contributed by atoms with Gasteiger partial charge < -0.3 is 20.3 Å². The molecule has 0 aliphatic carbocycles. The lowest BCUT2D eigenvalue weighted by Gasteiger charge is -2.15. The molecular weight excluding hydrogens is 382 g/mol. The Labute approximate surface area is 147 Å². The lowest BCUT2D eigenvalue weighted by molar-refractivity contribution is -0.173. The highest BCUT2D eigenvalue weighted by Gasteiger charge is 2.45. The van der Waals surface area contributed by atoms with Crippen LogP contribution in [-0.4, -0.2) is 63.4 Å². The van der Waals surface area contributed by atoms with Gasteiger partial charge in [0.2, 0.25) is 0 Å². The van der Waals surface area contributed by atoms with Gasteiger partial charge in [-0.05, 0) is 0 Å². The fraction of sp³-hybridized carbons (Fsp3) is 0.500. The average molecular weight is 395 g/mol. The van der Waals surface area contributed by atoms with E-state index in [0.29, 0.717) is 4.57 Å². The predicted octanol–water partition coefficient (Wildman–Crippen LogP) is -1.84. The maximum absolute atomic E-state index is 14.1. The van der Waals surface area contributed by atoms with Crippen LogP contribution in [0.2, 0.25) is 0 Å². The Hall–Kier alpha value is -2.69. The number of aromatic amines is 1. The Morgan fingerprint density at radius 3 is 2.63 bits per heavy atom. The first-order valence-corrected chi connectivity index (χ1v) is 7.34. The monoisotopic (exact) mass is 395 g/mol. The summed E-state index contributed by atoms with van der Waals surface area (Å²) in [5.41, 5.74) is -2.51. The Kier molecular flexibility index (Phi) is 6.04. The Morgan fingerprint density at radius 1 is 1.41 bits per heavy atom. The summed E-state index contributed by atoms with van der Waals surface area (Å²) >= 11 is 0. The molecule has 0 unspecified atom stereocenters. The maximum Gasteiger partial charge on any atom is 0.471 e. The molecule has 148 valence electrons. The van der Waals surface area contributed by atoms with Gasteiger partial charge in [0, 0.05) is 6.20 Å². The van der Waals surface area contributed by atoms with Crippen LogP contribution < -0.4 is 16.6 Å². The summed E-state index contributed by atoms with van der Waals surface area (Å²) < 4.78 is 55.8. The molecule has 1 aromatic heterocycles. The van der Waals surface area contributed by atoms with Gasteiger partial charge in [-0.2, -0.15) is 13.2 Å². The van der Waals surface area contributed by atoms with Crippen LogP contribution in [0.3, 0.4) is 0 Å². The van der Waals surface area contributed by atoms with Gasteiger partial charge in [0.15, 0.2) is 12.4 Å². The zero-order valence-electron chi connectivity index (χ0n) is 13.3. The Morgan fingerprint density at radius 2 is 2.07 bits per heavy atom. The number of hydrogen-bond donors (Lipinski definition) is 4. The molecule has 1 aliphatic rings. The van der Waals surface area contributed by atoms with E-state index in [1.807, 2.05) is 4.98 Å². The minimum Gasteiger partial charge on any atom is -0.394 e. The number of carbonyl (C=O) groups excluding carboxylic acids is 1. The van der Waals surface area contributed by atoms with Gasteiger partial charge >= 0.3 is 17.8 Å². The molecule has 1 amide bonds. The van der Waals surface area contributed by atoms with Gasteiger partial charge in [-0.25, -0.2) is 9.18 Å². The topological polar surface area (TPSA) is 134 Å². The van der Waals surface area contributed by atoms with Crippen molar-refractivity contribution < 1.29 is 37.3 Å². The van der Waals surface area contributed by atoms with Crippen LogP contribution in [0.4, 0.5) is 17.6 Å². The standard InChI is InChI=1S/C14H13F4N3O6/c15-8-9(23)7(5-22)27-11(8)21-4-6(10(24)20-13(21)26)2-1-3-19-12(25)14(16,17)18/h4,7-9,11,22-23H,3,5H2,(H,19,25)(H,20,24,26)/t7-,8-,9-,11-/m1/s1. The van der Waals surface area contributed by atoms with Gasteiger partial charge in [-0.15, -0.1) is 0 Å². The minimum absolute atomic E-state index is 0.423. The second kappa shape index (κ2) is 7.91. The molecular formula is C14H13F4N3O6. The van der Waals surface area contributed by atoms with E-state index in [1.54, 1.807) is 0 Å². The molecule has 0 spiro atoms. The Bertz CT molecular complexity index is 884. The molecule has 2 rings (SSSR count). The molecule has 4 atom stereocenters. The van der Waals surface area contributed by atoms with Crippen LogP contribution in [0.25, 0.3) is 0 Å². The highest BCUT2D eigenvalue weighted by molar-refractivity contribution is 5.81. The lowest BCUT2D eigenvalue weighted by Crippen LogP contribution is -2.37. The average Bonchev–Trinajstić information content (AvgIpc) is 2.87. The largest absolute Gasteiger partial charge is 0.471 e. The first-order valence-electron chi connectivity index (χ1n) is 7.34. The van der Waals surface area contributed by atoms with E-state index in [9.17, 15) is 37.1 Å². The van der Waals surface area contributed by atoms with Crippen LogP contribution in [0.15, 0.2) is 15.8 Å². The summed E-state index contributed by atoms with van der Waals surface area (Å²) in [7, 11) is 0. The van der Waals surface area contributed by atoms with Crippen molar-refractivity contribution in [2.24, 2.45) is 0 Å². The van der Waals surface area contributed by atoms with Crippen LogP contribution in [0.5, 0.6) is 0 Å². The summed E-state index contributed by atoms with van der Waals surface area (Å²) in [5, 5.41) is 20.0. The first kappa shape index (κ1) is 20.6. The summed E-state index contributed by atoms with van der Waals surface area (Å²) in [5.74, 6) is 2.00. The van der Waals surface area contributed by atoms with Gasteiger partial charge in [0.05, 0.1) is 13.2 Å². The summed E-state index contributed by atoms with van der Waals surface area (Å²) in [6.07, 6.45) is -11.1. The van der Waals surface area contributed by atoms with Crippen molar-refractivity contribution in [2.45, 2.75) is 30.8 Å². The maximum atomic E-state index is 14.1. The summed E-state index contributed by atoms with van der Waals surface area (Å²) in [4.78, 5) is 36.0.